The van der Waals surface area contributed by atoms with Crippen molar-refractivity contribution in [2.45, 2.75) is 24.0 Å². The van der Waals surface area contributed by atoms with Gasteiger partial charge < -0.3 is 5.32 Å². The lowest BCUT2D eigenvalue weighted by Crippen LogP contribution is -2.41. The lowest BCUT2D eigenvalue weighted by atomic mass is 10.2. The van der Waals surface area contributed by atoms with Crippen LogP contribution in [0, 0.1) is 12.7 Å². The topological polar surface area (TPSA) is 66.5 Å². The molecular formula is C25H27FN2O3S2. The summed E-state index contributed by atoms with van der Waals surface area (Å²) < 4.78 is 40.7. The standard InChI is InChI=1S/C25H27FN2O3S2/c1-20-7-5-8-21(17-20)19-32-16-6-15-27-25(29)18-28(23-9-3-2-4-10-23)33(30,31)24-13-11-22(26)12-14-24/h2-5,7-14,17H,6,15-16,18-19H2,1H3,(H,27,29). The predicted octanol–water partition coefficient (Wildman–Crippen LogP) is 4.77. The molecular weight excluding hydrogens is 459 g/mol. The molecule has 0 aliphatic rings. The summed E-state index contributed by atoms with van der Waals surface area (Å²) in [5, 5.41) is 2.80. The lowest BCUT2D eigenvalue weighted by molar-refractivity contribution is -0.119. The van der Waals surface area contributed by atoms with Crippen LogP contribution in [-0.2, 0) is 20.6 Å². The number of nitrogens with zero attached hydrogens (tertiary/aromatic N) is 1. The van der Waals surface area contributed by atoms with Crippen molar-refractivity contribution in [2.75, 3.05) is 23.1 Å². The molecule has 0 heterocycles. The van der Waals surface area contributed by atoms with Crippen LogP contribution in [0.3, 0.4) is 0 Å². The van der Waals surface area contributed by atoms with Crippen LogP contribution in [0.1, 0.15) is 17.5 Å². The van der Waals surface area contributed by atoms with Crippen molar-refractivity contribution in [1.82, 2.24) is 5.32 Å². The molecule has 0 aromatic heterocycles. The normalized spacial score (nSPS) is 11.2. The zero-order valence-corrected chi connectivity index (χ0v) is 20.0. The summed E-state index contributed by atoms with van der Waals surface area (Å²) >= 11 is 1.79. The third-order valence-corrected chi connectivity index (χ3v) is 7.77. The van der Waals surface area contributed by atoms with Gasteiger partial charge in [0.15, 0.2) is 0 Å². The van der Waals surface area contributed by atoms with Crippen LogP contribution in [0.2, 0.25) is 0 Å². The molecule has 5 nitrogen and oxygen atoms in total. The molecule has 3 aromatic carbocycles. The molecule has 1 amide bonds. The SMILES string of the molecule is Cc1cccc(CSCCCNC(=O)CN(c2ccccc2)S(=O)(=O)c2ccc(F)cc2)c1. The van der Waals surface area contributed by atoms with E-state index in [1.165, 1.54) is 23.3 Å². The minimum absolute atomic E-state index is 0.0758. The Bertz CT molecular complexity index is 1150. The predicted molar refractivity (Wildman–Crippen MR) is 132 cm³/mol. The highest BCUT2D eigenvalue weighted by Gasteiger charge is 2.27. The average molecular weight is 487 g/mol. The number of amides is 1. The third-order valence-electron chi connectivity index (χ3n) is 4.87. The van der Waals surface area contributed by atoms with Gasteiger partial charge in [-0.2, -0.15) is 11.8 Å². The van der Waals surface area contributed by atoms with Crippen LogP contribution in [0.5, 0.6) is 0 Å². The van der Waals surface area contributed by atoms with Gasteiger partial charge in [0.05, 0.1) is 10.6 Å². The number of carbonyl (C=O) groups excluding carboxylic acids is 1. The maximum Gasteiger partial charge on any atom is 0.264 e. The molecule has 0 spiro atoms. The van der Waals surface area contributed by atoms with Crippen molar-refractivity contribution in [1.29, 1.82) is 0 Å². The van der Waals surface area contributed by atoms with Crippen molar-refractivity contribution in [3.05, 3.63) is 95.8 Å². The largest absolute Gasteiger partial charge is 0.354 e. The molecule has 0 saturated carbocycles. The first-order valence-corrected chi connectivity index (χ1v) is 13.2. The van der Waals surface area contributed by atoms with E-state index in [0.717, 1.165) is 34.4 Å². The lowest BCUT2D eigenvalue weighted by Gasteiger charge is -2.24. The molecule has 0 radical (unpaired) electrons. The zero-order chi connectivity index (χ0) is 23.7. The number of nitrogens with one attached hydrogen (secondary N) is 1. The number of aryl methyl sites for hydroxylation is 1. The van der Waals surface area contributed by atoms with E-state index in [2.05, 4.69) is 30.4 Å². The molecule has 0 aliphatic carbocycles. The summed E-state index contributed by atoms with van der Waals surface area (Å²) in [6.07, 6.45) is 0.776. The first-order valence-electron chi connectivity index (χ1n) is 10.6. The number of hydrogen-bond acceptors (Lipinski definition) is 4. The fourth-order valence-corrected chi connectivity index (χ4v) is 5.55. The van der Waals surface area contributed by atoms with E-state index in [9.17, 15) is 17.6 Å². The van der Waals surface area contributed by atoms with Crippen molar-refractivity contribution in [3.8, 4) is 0 Å². The van der Waals surface area contributed by atoms with Gasteiger partial charge in [-0.1, -0.05) is 48.0 Å². The van der Waals surface area contributed by atoms with Gasteiger partial charge in [0, 0.05) is 12.3 Å². The van der Waals surface area contributed by atoms with Gasteiger partial charge in [0.25, 0.3) is 10.0 Å². The molecule has 174 valence electrons. The van der Waals surface area contributed by atoms with E-state index in [1.807, 2.05) is 6.07 Å². The number of rotatable bonds is 11. The van der Waals surface area contributed by atoms with Gasteiger partial charge in [-0.25, -0.2) is 12.8 Å². The van der Waals surface area contributed by atoms with Crippen molar-refractivity contribution in [2.24, 2.45) is 0 Å². The van der Waals surface area contributed by atoms with E-state index in [-0.39, 0.29) is 11.4 Å². The van der Waals surface area contributed by atoms with Crippen LogP contribution in [0.25, 0.3) is 0 Å². The summed E-state index contributed by atoms with van der Waals surface area (Å²) in [5.74, 6) is 0.865. The fraction of sp³-hybridized carbons (Fsp3) is 0.240. The van der Waals surface area contributed by atoms with Gasteiger partial charge in [-0.05, 0) is 61.1 Å². The molecule has 0 bridgehead atoms. The maximum atomic E-state index is 13.3. The molecule has 0 aliphatic heterocycles. The number of para-hydroxylation sites is 1. The number of thioether (sulfide) groups is 1. The summed E-state index contributed by atoms with van der Waals surface area (Å²) in [6, 6.07) is 21.4. The Morgan fingerprint density at radius 1 is 1.00 bits per heavy atom. The van der Waals surface area contributed by atoms with Crippen molar-refractivity contribution >= 4 is 33.4 Å². The molecule has 0 atom stereocenters. The second-order valence-corrected chi connectivity index (χ2v) is 10.5. The number of sulfonamides is 1. The van der Waals surface area contributed by atoms with Gasteiger partial charge in [0.2, 0.25) is 5.91 Å². The van der Waals surface area contributed by atoms with Crippen LogP contribution in [0.4, 0.5) is 10.1 Å². The molecule has 0 saturated heterocycles. The minimum atomic E-state index is -4.04. The second kappa shape index (κ2) is 11.9. The fourth-order valence-electron chi connectivity index (χ4n) is 3.22. The Morgan fingerprint density at radius 3 is 2.42 bits per heavy atom. The molecule has 1 N–H and O–H groups in total. The number of halogens is 1. The molecule has 8 heteroatoms. The van der Waals surface area contributed by atoms with Crippen molar-refractivity contribution in [3.63, 3.8) is 0 Å². The first-order chi connectivity index (χ1) is 15.9. The minimum Gasteiger partial charge on any atom is -0.354 e. The Labute approximate surface area is 199 Å². The summed E-state index contributed by atoms with van der Waals surface area (Å²) in [7, 11) is -4.04. The Morgan fingerprint density at radius 2 is 1.73 bits per heavy atom. The molecule has 33 heavy (non-hydrogen) atoms. The first kappa shape index (κ1) is 24.8. The highest BCUT2D eigenvalue weighted by Crippen LogP contribution is 2.23. The number of benzene rings is 3. The van der Waals surface area contributed by atoms with Gasteiger partial charge in [-0.15, -0.1) is 0 Å². The summed E-state index contributed by atoms with van der Waals surface area (Å²) in [5.41, 5.74) is 2.87. The van der Waals surface area contributed by atoms with Crippen LogP contribution in [-0.4, -0.2) is 33.2 Å². The smallest absolute Gasteiger partial charge is 0.264 e. The molecule has 0 fully saturated rings. The van der Waals surface area contributed by atoms with Gasteiger partial charge >= 0.3 is 0 Å². The highest BCUT2D eigenvalue weighted by molar-refractivity contribution is 7.98. The molecule has 3 rings (SSSR count). The van der Waals surface area contributed by atoms with Crippen molar-refractivity contribution < 1.29 is 17.6 Å². The molecule has 0 unspecified atom stereocenters. The summed E-state index contributed by atoms with van der Waals surface area (Å²) in [4.78, 5) is 12.5. The maximum absolute atomic E-state index is 13.3. The third kappa shape index (κ3) is 7.33. The van der Waals surface area contributed by atoms with E-state index in [0.29, 0.717) is 12.2 Å². The highest BCUT2D eigenvalue weighted by atomic mass is 32.2. The number of hydrogen-bond donors (Lipinski definition) is 1. The van der Waals surface area contributed by atoms with Gasteiger partial charge in [-0.3, -0.25) is 9.10 Å². The van der Waals surface area contributed by atoms with E-state index in [4.69, 9.17) is 0 Å². The Hall–Kier alpha value is -2.84. The van der Waals surface area contributed by atoms with E-state index < -0.39 is 21.7 Å². The van der Waals surface area contributed by atoms with Crippen LogP contribution < -0.4 is 9.62 Å². The Kier molecular flexibility index (Phi) is 8.91. The number of anilines is 1. The average Bonchev–Trinajstić information content (AvgIpc) is 2.80. The van der Waals surface area contributed by atoms with Crippen LogP contribution in [0.15, 0.2) is 83.8 Å². The Balaban J connectivity index is 1.55. The van der Waals surface area contributed by atoms with E-state index in [1.54, 1.807) is 42.1 Å². The van der Waals surface area contributed by atoms with Crippen LogP contribution >= 0.6 is 11.8 Å². The second-order valence-electron chi connectivity index (χ2n) is 7.55. The monoisotopic (exact) mass is 486 g/mol. The quantitative estimate of drug-likeness (QED) is 0.397. The van der Waals surface area contributed by atoms with E-state index >= 15 is 0 Å². The molecule has 3 aromatic rings. The summed E-state index contributed by atoms with van der Waals surface area (Å²) in [6.45, 7) is 2.16. The zero-order valence-electron chi connectivity index (χ0n) is 18.4. The number of carbonyl (C=O) groups is 1. The van der Waals surface area contributed by atoms with Gasteiger partial charge in [0.1, 0.15) is 12.4 Å².